The molecule has 0 aromatic heterocycles. The summed E-state index contributed by atoms with van der Waals surface area (Å²) in [6.45, 7) is 1.19. The zero-order chi connectivity index (χ0) is 69.8. The third kappa shape index (κ3) is 33.3. The molecule has 0 saturated heterocycles. The second-order valence-corrected chi connectivity index (χ2v) is 15.8. The van der Waals surface area contributed by atoms with Crippen LogP contribution in [0.4, 0.5) is 0 Å². The Hall–Kier alpha value is -11.5. The molecule has 0 spiro atoms. The van der Waals surface area contributed by atoms with E-state index in [0.29, 0.717) is 6.92 Å². The van der Waals surface area contributed by atoms with Crippen LogP contribution in [-0.2, 0) is 174 Å². The Morgan fingerprint density at radius 2 is 0.538 bits per heavy atom. The molecule has 5 unspecified atom stereocenters. The highest BCUT2D eigenvalue weighted by atomic mass is 17.3. The maximum atomic E-state index is 12.9. The summed E-state index contributed by atoms with van der Waals surface area (Å²) in [5, 5.41) is 96.8. The Bertz CT molecular complexity index is 2900. The van der Waals surface area contributed by atoms with Gasteiger partial charge in [-0.05, 0) is 20.8 Å². The Morgan fingerprint density at radius 3 is 0.780 bits per heavy atom. The number of carbonyl (C=O) groups is 18. The van der Waals surface area contributed by atoms with E-state index in [-0.39, 0.29) is 72.9 Å². The molecule has 0 saturated carbocycles. The van der Waals surface area contributed by atoms with Gasteiger partial charge in [-0.15, -0.1) is 0 Å². The number of aliphatic hydroxyl groups excluding tert-OH is 8. The first-order valence-corrected chi connectivity index (χ1v) is 23.1. The maximum Gasteiger partial charge on any atom is 0.389 e. The minimum Gasteiger partial charge on any atom is -0.394 e. The van der Waals surface area contributed by atoms with E-state index < -0.39 is 181 Å². The van der Waals surface area contributed by atoms with E-state index in [0.717, 1.165) is 13.8 Å². The van der Waals surface area contributed by atoms with Gasteiger partial charge in [0.1, 0.15) is 30.5 Å². The van der Waals surface area contributed by atoms with E-state index in [1.165, 1.54) is 0 Å². The summed E-state index contributed by atoms with van der Waals surface area (Å²) >= 11 is 0. The minimum atomic E-state index is -3.75. The fourth-order valence-corrected chi connectivity index (χ4v) is 4.12. The van der Waals surface area contributed by atoms with Crippen LogP contribution in [0.25, 0.3) is 0 Å². The van der Waals surface area contributed by atoms with Crippen molar-refractivity contribution in [2.24, 2.45) is 0 Å². The fraction of sp³-hybridized carbons (Fsp3) is 0.333. The smallest absolute Gasteiger partial charge is 0.389 e. The van der Waals surface area contributed by atoms with Crippen LogP contribution in [0.5, 0.6) is 0 Å². The van der Waals surface area contributed by atoms with E-state index in [1.54, 1.807) is 0 Å². The molecule has 46 nitrogen and oxygen atoms in total. The fourth-order valence-electron chi connectivity index (χ4n) is 4.12. The number of hydrogen-bond acceptors (Lipinski definition) is 46. The van der Waals surface area contributed by atoms with Crippen molar-refractivity contribution in [3.8, 4) is 0 Å². The lowest BCUT2D eigenvalue weighted by atomic mass is 9.89. The molecule has 0 aliphatic heterocycles. The molecule has 0 heterocycles. The van der Waals surface area contributed by atoms with Crippen LogP contribution in [0.1, 0.15) is 33.6 Å². The zero-order valence-electron chi connectivity index (χ0n) is 45.3. The molecule has 0 rings (SSSR count). The molecule has 91 heavy (non-hydrogen) atoms. The van der Waals surface area contributed by atoms with Crippen LogP contribution in [0.3, 0.4) is 0 Å². The predicted octanol–water partition coefficient (Wildman–Crippen LogP) is -9.84. The molecule has 0 radical (unpaired) electrons. The van der Waals surface area contributed by atoms with Crippen molar-refractivity contribution < 1.29 is 225 Å². The van der Waals surface area contributed by atoms with Crippen molar-refractivity contribution in [1.29, 1.82) is 0 Å². The lowest BCUT2D eigenvalue weighted by Crippen LogP contribution is -2.59. The summed E-state index contributed by atoms with van der Waals surface area (Å²) in [6.07, 6.45) is -17.9. The van der Waals surface area contributed by atoms with Gasteiger partial charge in [-0.25, -0.2) is 174 Å². The highest BCUT2D eigenvalue weighted by Gasteiger charge is 2.49. The molecule has 500 valence electrons. The monoisotopic (exact) mass is 1320 g/mol. The first-order valence-electron chi connectivity index (χ1n) is 23.1. The highest BCUT2D eigenvalue weighted by Crippen LogP contribution is 2.22. The van der Waals surface area contributed by atoms with Crippen molar-refractivity contribution in [1.82, 2.24) is 0 Å². The van der Waals surface area contributed by atoms with E-state index in [2.05, 4.69) is 88.0 Å². The first-order chi connectivity index (χ1) is 42.3. The zero-order valence-corrected chi connectivity index (χ0v) is 45.3. The van der Waals surface area contributed by atoms with Gasteiger partial charge < -0.3 is 51.1 Å². The summed E-state index contributed by atoms with van der Waals surface area (Å²) < 4.78 is 0. The van der Waals surface area contributed by atoms with Crippen LogP contribution >= 0.6 is 0 Å². The van der Waals surface area contributed by atoms with Crippen molar-refractivity contribution in [3.63, 3.8) is 0 Å². The standard InChI is InChI=1S/C45H44O46/c1-19(47)40(68)88-82-30(58)12-8-24(52)76-74-22(50)4-6-28(56)80-86-34(62)16-45(73,43(71)91-85-33(61)15-11-27(55)79-77-25(53)9-13-31(59)83-89-41(69)20(2)48)17-35(63)87-81-29(57)7-5-23(51)75-78-26(54)10-14-32(60)84-90-42(70)44(3,72)39(67)38(66)37(65)36(64)21(49)18-46/h4-15,19-21,36-39,46-49,64-67,72-73H,16-18H2,1-3H3/b6-4-,7-5-,12-8+,13-9+,14-10+,15-11-/t19?,20?,21-,36-,37-,38-,39?,44?,45?/m1/s1. The van der Waals surface area contributed by atoms with Gasteiger partial charge >= 0.3 is 107 Å². The predicted molar refractivity (Wildman–Crippen MR) is 250 cm³/mol. The molecular weight excluding hydrogens is 1280 g/mol. The number of carbonyl (C=O) groups excluding carboxylic acids is 18. The summed E-state index contributed by atoms with van der Waals surface area (Å²) in [7, 11) is 0. The normalized spacial score (nSPS) is 14.7. The molecule has 0 aliphatic carbocycles. The average molecular weight is 1320 g/mol. The maximum absolute atomic E-state index is 12.9. The molecule has 0 aromatic carbocycles. The second-order valence-electron chi connectivity index (χ2n) is 15.8. The molecule has 46 heteroatoms. The van der Waals surface area contributed by atoms with Crippen molar-refractivity contribution in [3.05, 3.63) is 72.9 Å². The third-order valence-electron chi connectivity index (χ3n) is 8.52. The minimum absolute atomic E-state index is 0.0386. The molecule has 9 atom stereocenters. The van der Waals surface area contributed by atoms with Crippen LogP contribution in [-0.4, -0.2) is 219 Å². The Kier molecular flexibility index (Phi) is 35.0. The van der Waals surface area contributed by atoms with Gasteiger partial charge in [-0.1, -0.05) is 0 Å². The second kappa shape index (κ2) is 40.1. The van der Waals surface area contributed by atoms with Crippen LogP contribution in [0.15, 0.2) is 72.9 Å². The molecular formula is C45H44O46. The van der Waals surface area contributed by atoms with Gasteiger partial charge in [0.15, 0.2) is 23.4 Å². The lowest BCUT2D eigenvalue weighted by Gasteiger charge is -2.33. The number of aliphatic hydroxyl groups is 10. The van der Waals surface area contributed by atoms with E-state index >= 15 is 0 Å². The summed E-state index contributed by atoms with van der Waals surface area (Å²) in [4.78, 5) is 284. The van der Waals surface area contributed by atoms with Crippen LogP contribution in [0.2, 0.25) is 0 Å². The van der Waals surface area contributed by atoms with Gasteiger partial charge in [-0.2, -0.15) is 0 Å². The van der Waals surface area contributed by atoms with Gasteiger partial charge in [0, 0.05) is 72.9 Å². The average Bonchev–Trinajstić information content (AvgIpc) is 1.36. The Morgan fingerprint density at radius 1 is 0.319 bits per heavy atom. The Labute approximate surface area is 499 Å². The SMILES string of the molecule is CC(O)C(=O)OOC(=O)/C=C/C(=O)OOC(=O)/C=C\C(=O)OOC(=O)CC(O)(CC(=O)OOC(=O)/C=C\C(=O)OOC(=O)/C=C/C(=O)OOC(=O)C(C)(O)C(O)[C@H](O)[C@H](O)[C@H](O)[C@H](O)CO)C(=O)OOC(=O)/C=C\C(=O)OOC(=O)/C=C/C(=O)OOC(=O)C(C)O. The Balaban J connectivity index is 5.75. The topological polar surface area (TPSA) is 676 Å². The highest BCUT2D eigenvalue weighted by molar-refractivity contribution is 5.97. The summed E-state index contributed by atoms with van der Waals surface area (Å²) in [5.74, 6) is -32.1. The quantitative estimate of drug-likeness (QED) is 0.0218. The number of hydrogen-bond donors (Lipinski definition) is 10. The van der Waals surface area contributed by atoms with Crippen molar-refractivity contribution in [2.45, 2.75) is 87.5 Å². The van der Waals surface area contributed by atoms with Gasteiger partial charge in [-0.3, -0.25) is 0 Å². The van der Waals surface area contributed by atoms with E-state index in [1.807, 2.05) is 0 Å². The molecule has 10 N–H and O–H groups in total. The summed E-state index contributed by atoms with van der Waals surface area (Å²) in [6, 6.07) is 0. The van der Waals surface area contributed by atoms with Crippen molar-refractivity contribution in [2.75, 3.05) is 6.61 Å². The third-order valence-corrected chi connectivity index (χ3v) is 8.52. The molecule has 0 aromatic rings. The van der Waals surface area contributed by atoms with Gasteiger partial charge in [0.05, 0.1) is 19.4 Å². The van der Waals surface area contributed by atoms with Crippen molar-refractivity contribution >= 4 is 107 Å². The van der Waals surface area contributed by atoms with Gasteiger partial charge in [0.2, 0.25) is 0 Å². The molecule has 0 amide bonds. The number of rotatable bonds is 26. The van der Waals surface area contributed by atoms with Crippen LogP contribution in [0, 0.1) is 0 Å². The van der Waals surface area contributed by atoms with E-state index in [9.17, 15) is 122 Å². The van der Waals surface area contributed by atoms with E-state index in [4.69, 9.17) is 15.3 Å². The molecule has 0 aliphatic rings. The van der Waals surface area contributed by atoms with Crippen LogP contribution < -0.4 is 0 Å². The van der Waals surface area contributed by atoms with Gasteiger partial charge in [0.25, 0.3) is 0 Å². The molecule has 0 bridgehead atoms. The first kappa shape index (κ1) is 79.5. The molecule has 0 fully saturated rings. The lowest BCUT2D eigenvalue weighted by molar-refractivity contribution is -0.276. The summed E-state index contributed by atoms with van der Waals surface area (Å²) in [5.41, 5.74) is -7.00. The largest absolute Gasteiger partial charge is 0.394 e.